The highest BCUT2D eigenvalue weighted by atomic mass is 14.9. The Balaban J connectivity index is 2.80. The second-order valence-corrected chi connectivity index (χ2v) is 5.69. The van der Waals surface area contributed by atoms with Crippen LogP contribution < -0.4 is 5.32 Å². The van der Waals surface area contributed by atoms with Crippen LogP contribution in [0.3, 0.4) is 0 Å². The van der Waals surface area contributed by atoms with E-state index in [4.69, 9.17) is 0 Å². The van der Waals surface area contributed by atoms with E-state index in [2.05, 4.69) is 64.2 Å². The molecule has 1 aromatic rings. The molecule has 0 aliphatic rings. The van der Waals surface area contributed by atoms with E-state index in [1.54, 1.807) is 0 Å². The summed E-state index contributed by atoms with van der Waals surface area (Å²) in [5, 5.41) is 3.57. The molecule has 0 aromatic heterocycles. The summed E-state index contributed by atoms with van der Waals surface area (Å²) in [4.78, 5) is 0. The van der Waals surface area contributed by atoms with E-state index in [0.717, 1.165) is 12.5 Å². The highest BCUT2D eigenvalue weighted by Gasteiger charge is 2.17. The second-order valence-electron chi connectivity index (χ2n) is 5.69. The third-order valence-corrected chi connectivity index (χ3v) is 3.07. The maximum atomic E-state index is 3.57. The molecule has 1 heteroatoms. The van der Waals surface area contributed by atoms with Gasteiger partial charge in [0.05, 0.1) is 0 Å². The lowest BCUT2D eigenvalue weighted by Gasteiger charge is -2.24. The average Bonchev–Trinajstić information content (AvgIpc) is 2.25. The Morgan fingerprint density at radius 3 is 2.38 bits per heavy atom. The summed E-state index contributed by atoms with van der Waals surface area (Å²) in [6, 6.07) is 8.63. The van der Waals surface area contributed by atoms with E-state index in [0.29, 0.717) is 0 Å². The lowest BCUT2D eigenvalue weighted by Crippen LogP contribution is -2.17. The lowest BCUT2D eigenvalue weighted by atomic mass is 9.86. The van der Waals surface area contributed by atoms with E-state index in [1.165, 1.54) is 17.7 Å². The van der Waals surface area contributed by atoms with Gasteiger partial charge < -0.3 is 5.32 Å². The van der Waals surface area contributed by atoms with E-state index >= 15 is 0 Å². The van der Waals surface area contributed by atoms with E-state index in [1.807, 2.05) is 0 Å². The van der Waals surface area contributed by atoms with Crippen molar-refractivity contribution in [2.45, 2.75) is 46.5 Å². The van der Waals surface area contributed by atoms with Crippen LogP contribution in [0.2, 0.25) is 0 Å². The quantitative estimate of drug-likeness (QED) is 0.789. The zero-order valence-corrected chi connectivity index (χ0v) is 11.3. The first-order valence-corrected chi connectivity index (χ1v) is 6.28. The molecule has 0 aliphatic carbocycles. The number of hydrogen-bond donors (Lipinski definition) is 1. The molecule has 1 aromatic carbocycles. The fourth-order valence-electron chi connectivity index (χ4n) is 1.72. The SMILES string of the molecule is CCC(C)CNc1ccccc1C(C)(C)C. The van der Waals surface area contributed by atoms with Crippen LogP contribution in [0.25, 0.3) is 0 Å². The summed E-state index contributed by atoms with van der Waals surface area (Å²) in [5.74, 6) is 0.730. The van der Waals surface area contributed by atoms with Crippen molar-refractivity contribution in [3.8, 4) is 0 Å². The molecule has 16 heavy (non-hydrogen) atoms. The second kappa shape index (κ2) is 5.38. The molecule has 0 fully saturated rings. The van der Waals surface area contributed by atoms with Crippen molar-refractivity contribution in [3.05, 3.63) is 29.8 Å². The molecule has 0 bridgehead atoms. The highest BCUT2D eigenvalue weighted by molar-refractivity contribution is 5.54. The van der Waals surface area contributed by atoms with E-state index in [-0.39, 0.29) is 5.41 Å². The lowest BCUT2D eigenvalue weighted by molar-refractivity contribution is 0.579. The molecule has 0 heterocycles. The molecule has 1 N–H and O–H groups in total. The van der Waals surface area contributed by atoms with Crippen LogP contribution in [0.4, 0.5) is 5.69 Å². The zero-order chi connectivity index (χ0) is 12.2. The van der Waals surface area contributed by atoms with Crippen LogP contribution in [0, 0.1) is 5.92 Å². The van der Waals surface area contributed by atoms with Gasteiger partial charge in [-0.3, -0.25) is 0 Å². The Kier molecular flexibility index (Phi) is 4.40. The first kappa shape index (κ1) is 13.1. The third kappa shape index (κ3) is 3.55. The van der Waals surface area contributed by atoms with E-state index in [9.17, 15) is 0 Å². The monoisotopic (exact) mass is 219 g/mol. The number of para-hydroxylation sites is 1. The molecule has 0 saturated carbocycles. The Hall–Kier alpha value is -0.980. The van der Waals surface area contributed by atoms with Crippen molar-refractivity contribution in [1.29, 1.82) is 0 Å². The largest absolute Gasteiger partial charge is 0.385 e. The van der Waals surface area contributed by atoms with Crippen LogP contribution in [0.5, 0.6) is 0 Å². The molecule has 1 rings (SSSR count). The minimum atomic E-state index is 0.207. The Bertz CT molecular complexity index is 322. The van der Waals surface area contributed by atoms with Crippen molar-refractivity contribution in [1.82, 2.24) is 0 Å². The molecule has 0 spiro atoms. The number of nitrogens with one attached hydrogen (secondary N) is 1. The minimum Gasteiger partial charge on any atom is -0.385 e. The van der Waals surface area contributed by atoms with Gasteiger partial charge in [-0.05, 0) is 23.0 Å². The van der Waals surface area contributed by atoms with Crippen molar-refractivity contribution in [2.75, 3.05) is 11.9 Å². The molecular formula is C15H25N. The Morgan fingerprint density at radius 1 is 1.19 bits per heavy atom. The standard InChI is InChI=1S/C15H25N/c1-6-12(2)11-16-14-10-8-7-9-13(14)15(3,4)5/h7-10,12,16H,6,11H2,1-5H3. The van der Waals surface area contributed by atoms with Crippen LogP contribution in [0.15, 0.2) is 24.3 Å². The van der Waals surface area contributed by atoms with Gasteiger partial charge in [-0.1, -0.05) is 59.2 Å². The molecule has 1 nitrogen and oxygen atoms in total. The number of hydrogen-bond acceptors (Lipinski definition) is 1. The van der Waals surface area contributed by atoms with E-state index < -0.39 is 0 Å². The average molecular weight is 219 g/mol. The summed E-state index contributed by atoms with van der Waals surface area (Å²) in [6.45, 7) is 12.4. The van der Waals surface area contributed by atoms with Crippen LogP contribution >= 0.6 is 0 Å². The summed E-state index contributed by atoms with van der Waals surface area (Å²) < 4.78 is 0. The fraction of sp³-hybridized carbons (Fsp3) is 0.600. The predicted octanol–water partition coefficient (Wildman–Crippen LogP) is 4.44. The molecule has 90 valence electrons. The van der Waals surface area contributed by atoms with Gasteiger partial charge in [0.15, 0.2) is 0 Å². The van der Waals surface area contributed by atoms with Gasteiger partial charge in [0.2, 0.25) is 0 Å². The number of rotatable bonds is 4. The summed E-state index contributed by atoms with van der Waals surface area (Å²) in [7, 11) is 0. The van der Waals surface area contributed by atoms with Crippen molar-refractivity contribution < 1.29 is 0 Å². The van der Waals surface area contributed by atoms with Gasteiger partial charge >= 0.3 is 0 Å². The molecular weight excluding hydrogens is 194 g/mol. The maximum Gasteiger partial charge on any atom is 0.0378 e. The summed E-state index contributed by atoms with van der Waals surface area (Å²) >= 11 is 0. The topological polar surface area (TPSA) is 12.0 Å². The van der Waals surface area contributed by atoms with Crippen LogP contribution in [-0.2, 0) is 5.41 Å². The van der Waals surface area contributed by atoms with Crippen molar-refractivity contribution in [2.24, 2.45) is 5.92 Å². The number of anilines is 1. The van der Waals surface area contributed by atoms with Crippen molar-refractivity contribution >= 4 is 5.69 Å². The van der Waals surface area contributed by atoms with Gasteiger partial charge in [0.25, 0.3) is 0 Å². The van der Waals surface area contributed by atoms with Gasteiger partial charge in [-0.25, -0.2) is 0 Å². The summed E-state index contributed by atoms with van der Waals surface area (Å²) in [5.41, 5.74) is 2.90. The molecule has 0 radical (unpaired) electrons. The first-order valence-electron chi connectivity index (χ1n) is 6.28. The third-order valence-electron chi connectivity index (χ3n) is 3.07. The molecule has 1 atom stereocenters. The summed E-state index contributed by atoms with van der Waals surface area (Å²) in [6.07, 6.45) is 1.23. The Morgan fingerprint density at radius 2 is 1.81 bits per heavy atom. The molecule has 1 unspecified atom stereocenters. The van der Waals surface area contributed by atoms with Crippen LogP contribution in [-0.4, -0.2) is 6.54 Å². The first-order chi connectivity index (χ1) is 7.45. The smallest absolute Gasteiger partial charge is 0.0378 e. The molecule has 0 amide bonds. The van der Waals surface area contributed by atoms with Gasteiger partial charge in [-0.2, -0.15) is 0 Å². The van der Waals surface area contributed by atoms with Gasteiger partial charge in [-0.15, -0.1) is 0 Å². The maximum absolute atomic E-state index is 3.57. The molecule has 0 aliphatic heterocycles. The zero-order valence-electron chi connectivity index (χ0n) is 11.3. The van der Waals surface area contributed by atoms with Gasteiger partial charge in [0.1, 0.15) is 0 Å². The Labute approximate surface area is 100 Å². The fourth-order valence-corrected chi connectivity index (χ4v) is 1.72. The van der Waals surface area contributed by atoms with Crippen LogP contribution in [0.1, 0.15) is 46.6 Å². The minimum absolute atomic E-state index is 0.207. The van der Waals surface area contributed by atoms with Gasteiger partial charge in [0, 0.05) is 12.2 Å². The molecule has 0 saturated heterocycles. The highest BCUT2D eigenvalue weighted by Crippen LogP contribution is 2.29. The predicted molar refractivity (Wildman–Crippen MR) is 73.1 cm³/mol. The van der Waals surface area contributed by atoms with Crippen molar-refractivity contribution in [3.63, 3.8) is 0 Å². The number of benzene rings is 1. The normalized spacial score (nSPS) is 13.6.